The third kappa shape index (κ3) is 4.22. The molecule has 0 aromatic heterocycles. The molecule has 4 heteroatoms. The number of rotatable bonds is 5. The van der Waals surface area contributed by atoms with Crippen molar-refractivity contribution in [3.05, 3.63) is 56.5 Å². The molecular formula is C17H19BrClNO. The Balaban J connectivity index is 2.35. The Morgan fingerprint density at radius 3 is 2.43 bits per heavy atom. The molecule has 2 aromatic rings. The fourth-order valence-electron chi connectivity index (χ4n) is 2.21. The Morgan fingerprint density at radius 1 is 1.14 bits per heavy atom. The van der Waals surface area contributed by atoms with Gasteiger partial charge in [-0.1, -0.05) is 34.5 Å². The minimum absolute atomic E-state index is 0.737. The highest BCUT2D eigenvalue weighted by molar-refractivity contribution is 9.10. The van der Waals surface area contributed by atoms with Crippen molar-refractivity contribution in [1.82, 2.24) is 5.32 Å². The van der Waals surface area contributed by atoms with E-state index in [1.165, 1.54) is 0 Å². The maximum Gasteiger partial charge on any atom is 0.133 e. The summed E-state index contributed by atoms with van der Waals surface area (Å²) in [5, 5.41) is 4.07. The van der Waals surface area contributed by atoms with Gasteiger partial charge in [0.15, 0.2) is 0 Å². The van der Waals surface area contributed by atoms with Crippen LogP contribution in [0, 0.1) is 13.8 Å². The van der Waals surface area contributed by atoms with Crippen LogP contribution in [0.15, 0.2) is 34.8 Å². The van der Waals surface area contributed by atoms with Crippen LogP contribution in [-0.4, -0.2) is 6.54 Å². The zero-order valence-electron chi connectivity index (χ0n) is 12.5. The molecule has 0 radical (unpaired) electrons. The van der Waals surface area contributed by atoms with Crippen molar-refractivity contribution >= 4 is 27.5 Å². The van der Waals surface area contributed by atoms with Crippen LogP contribution in [0.3, 0.4) is 0 Å². The largest absolute Gasteiger partial charge is 0.456 e. The molecule has 0 spiro atoms. The average molecular weight is 369 g/mol. The van der Waals surface area contributed by atoms with E-state index >= 15 is 0 Å². The molecule has 0 bridgehead atoms. The predicted molar refractivity (Wildman–Crippen MR) is 92.5 cm³/mol. The highest BCUT2D eigenvalue weighted by atomic mass is 79.9. The van der Waals surface area contributed by atoms with Crippen LogP contribution in [-0.2, 0) is 6.54 Å². The van der Waals surface area contributed by atoms with Crippen LogP contribution in [0.25, 0.3) is 0 Å². The first-order valence-corrected chi connectivity index (χ1v) is 8.12. The summed E-state index contributed by atoms with van der Waals surface area (Å²) in [6.07, 6.45) is 0. The molecule has 0 fully saturated rings. The minimum atomic E-state index is 0.737. The van der Waals surface area contributed by atoms with Crippen molar-refractivity contribution in [3.63, 3.8) is 0 Å². The van der Waals surface area contributed by atoms with Crippen molar-refractivity contribution in [3.8, 4) is 11.5 Å². The third-order valence-corrected chi connectivity index (χ3v) is 3.94. The fraction of sp³-hybridized carbons (Fsp3) is 0.294. The van der Waals surface area contributed by atoms with Crippen molar-refractivity contribution in [2.45, 2.75) is 27.3 Å². The first-order valence-electron chi connectivity index (χ1n) is 6.95. The van der Waals surface area contributed by atoms with Crippen LogP contribution in [0.2, 0.25) is 5.02 Å². The zero-order valence-corrected chi connectivity index (χ0v) is 14.8. The van der Waals surface area contributed by atoms with Crippen molar-refractivity contribution in [2.75, 3.05) is 6.54 Å². The molecule has 1 N–H and O–H groups in total. The number of hydrogen-bond acceptors (Lipinski definition) is 2. The van der Waals surface area contributed by atoms with E-state index in [-0.39, 0.29) is 0 Å². The summed E-state index contributed by atoms with van der Waals surface area (Å²) in [4.78, 5) is 0. The topological polar surface area (TPSA) is 21.3 Å². The van der Waals surface area contributed by atoms with E-state index in [2.05, 4.69) is 34.2 Å². The van der Waals surface area contributed by atoms with Gasteiger partial charge >= 0.3 is 0 Å². The first-order chi connectivity index (χ1) is 10.0. The van der Waals surface area contributed by atoms with Gasteiger partial charge in [-0.3, -0.25) is 0 Å². The molecule has 112 valence electrons. The summed E-state index contributed by atoms with van der Waals surface area (Å²) in [7, 11) is 0. The molecule has 0 atom stereocenters. The lowest BCUT2D eigenvalue weighted by Gasteiger charge is -2.16. The molecule has 2 nitrogen and oxygen atoms in total. The molecule has 2 aromatic carbocycles. The van der Waals surface area contributed by atoms with Gasteiger partial charge in [0, 0.05) is 21.6 Å². The van der Waals surface area contributed by atoms with Crippen molar-refractivity contribution in [2.24, 2.45) is 0 Å². The van der Waals surface area contributed by atoms with Crippen LogP contribution < -0.4 is 10.1 Å². The quantitative estimate of drug-likeness (QED) is 0.739. The molecule has 2 rings (SSSR count). The first kappa shape index (κ1) is 16.3. The maximum atomic E-state index is 6.16. The second-order valence-electron chi connectivity index (χ2n) is 5.00. The SMILES string of the molecule is CCNCc1cc(Br)ccc1Oc1c(C)cc(Cl)cc1C. The van der Waals surface area contributed by atoms with Crippen molar-refractivity contribution in [1.29, 1.82) is 0 Å². The van der Waals surface area contributed by atoms with E-state index in [0.717, 1.165) is 50.8 Å². The van der Waals surface area contributed by atoms with E-state index in [1.807, 2.05) is 38.1 Å². The summed E-state index contributed by atoms with van der Waals surface area (Å²) in [5.74, 6) is 1.74. The molecular weight excluding hydrogens is 350 g/mol. The standard InChI is InChI=1S/C17H19BrClNO/c1-4-20-10-13-9-14(18)5-6-16(13)21-17-11(2)7-15(19)8-12(17)3/h5-9,20H,4,10H2,1-3H3. The summed E-state index contributed by atoms with van der Waals surface area (Å²) in [6.45, 7) is 7.81. The molecule has 0 saturated heterocycles. The highest BCUT2D eigenvalue weighted by Crippen LogP contribution is 2.34. The molecule has 0 aliphatic heterocycles. The van der Waals surface area contributed by atoms with E-state index < -0.39 is 0 Å². The molecule has 0 aliphatic carbocycles. The van der Waals surface area contributed by atoms with E-state index in [0.29, 0.717) is 0 Å². The Hall–Kier alpha value is -1.03. The summed E-state index contributed by atoms with van der Waals surface area (Å²) >= 11 is 9.59. The summed E-state index contributed by atoms with van der Waals surface area (Å²) in [5.41, 5.74) is 3.20. The molecule has 0 heterocycles. The number of ether oxygens (including phenoxy) is 1. The maximum absolute atomic E-state index is 6.16. The van der Waals surface area contributed by atoms with Gasteiger partial charge in [-0.05, 0) is 61.9 Å². The number of benzene rings is 2. The van der Waals surface area contributed by atoms with Gasteiger partial charge in [-0.25, -0.2) is 0 Å². The Bertz CT molecular complexity index is 620. The van der Waals surface area contributed by atoms with E-state index in [9.17, 15) is 0 Å². The number of hydrogen-bond donors (Lipinski definition) is 1. The number of halogens is 2. The van der Waals surface area contributed by atoms with Gasteiger partial charge in [-0.15, -0.1) is 0 Å². The number of nitrogens with one attached hydrogen (secondary N) is 1. The van der Waals surface area contributed by atoms with Crippen molar-refractivity contribution < 1.29 is 4.74 Å². The molecule has 21 heavy (non-hydrogen) atoms. The minimum Gasteiger partial charge on any atom is -0.456 e. The second kappa shape index (κ2) is 7.30. The molecule has 0 amide bonds. The normalized spacial score (nSPS) is 10.7. The van der Waals surface area contributed by atoms with E-state index in [1.54, 1.807) is 0 Å². The average Bonchev–Trinajstić information content (AvgIpc) is 2.42. The highest BCUT2D eigenvalue weighted by Gasteiger charge is 2.10. The van der Waals surface area contributed by atoms with Gasteiger partial charge in [0.05, 0.1) is 0 Å². The molecule has 0 aliphatic rings. The van der Waals surface area contributed by atoms with Crippen LogP contribution in [0.4, 0.5) is 0 Å². The van der Waals surface area contributed by atoms with Crippen LogP contribution >= 0.6 is 27.5 Å². The van der Waals surface area contributed by atoms with E-state index in [4.69, 9.17) is 16.3 Å². The van der Waals surface area contributed by atoms with Gasteiger partial charge in [0.25, 0.3) is 0 Å². The van der Waals surface area contributed by atoms with Gasteiger partial charge in [0.1, 0.15) is 11.5 Å². The Morgan fingerprint density at radius 2 is 1.81 bits per heavy atom. The monoisotopic (exact) mass is 367 g/mol. The summed E-state index contributed by atoms with van der Waals surface area (Å²) < 4.78 is 7.21. The van der Waals surface area contributed by atoms with Crippen LogP contribution in [0.1, 0.15) is 23.6 Å². The number of aryl methyl sites for hydroxylation is 2. The lowest BCUT2D eigenvalue weighted by Crippen LogP contribution is -2.12. The molecule has 0 unspecified atom stereocenters. The molecule has 0 saturated carbocycles. The van der Waals surface area contributed by atoms with Gasteiger partial charge < -0.3 is 10.1 Å². The summed E-state index contributed by atoms with van der Waals surface area (Å²) in [6, 6.07) is 9.91. The second-order valence-corrected chi connectivity index (χ2v) is 6.36. The smallest absolute Gasteiger partial charge is 0.133 e. The van der Waals surface area contributed by atoms with Gasteiger partial charge in [-0.2, -0.15) is 0 Å². The Labute approximate surface area is 139 Å². The third-order valence-electron chi connectivity index (χ3n) is 3.23. The lowest BCUT2D eigenvalue weighted by atomic mass is 10.1. The Kier molecular flexibility index (Phi) is 5.68. The zero-order chi connectivity index (χ0) is 15.4. The van der Waals surface area contributed by atoms with Gasteiger partial charge in [0.2, 0.25) is 0 Å². The fourth-order valence-corrected chi connectivity index (χ4v) is 2.95. The lowest BCUT2D eigenvalue weighted by molar-refractivity contribution is 0.466. The van der Waals surface area contributed by atoms with Crippen LogP contribution in [0.5, 0.6) is 11.5 Å². The predicted octanol–water partition coefficient (Wildman–Crippen LogP) is 5.62.